The predicted octanol–water partition coefficient (Wildman–Crippen LogP) is 4.22. The predicted molar refractivity (Wildman–Crippen MR) is 120 cm³/mol. The van der Waals surface area contributed by atoms with Crippen LogP contribution < -0.4 is 0 Å². The van der Waals surface area contributed by atoms with Crippen LogP contribution in [0.4, 0.5) is 0 Å². The van der Waals surface area contributed by atoms with Gasteiger partial charge in [0.25, 0.3) is 0 Å². The lowest BCUT2D eigenvalue weighted by Gasteiger charge is -1.97. The molecule has 3 aromatic heterocycles. The van der Waals surface area contributed by atoms with Crippen LogP contribution in [0.15, 0.2) is 66.7 Å². The average Bonchev–Trinajstić information content (AvgIpc) is 3.58. The monoisotopic (exact) mass is 413 g/mol. The number of aromatic nitrogens is 9. The molecule has 0 unspecified atom stereocenters. The van der Waals surface area contributed by atoms with E-state index in [4.69, 9.17) is 0 Å². The summed E-state index contributed by atoms with van der Waals surface area (Å²) < 4.78 is 0. The van der Waals surface area contributed by atoms with Crippen molar-refractivity contribution in [1.29, 1.82) is 0 Å². The molecular formula is C22H23N9. The molecule has 0 amide bonds. The fraction of sp³-hybridized carbons (Fsp3) is 0.182. The molecule has 0 aliphatic carbocycles. The van der Waals surface area contributed by atoms with E-state index < -0.39 is 0 Å². The molecule has 0 saturated carbocycles. The SMILES string of the molecule is CCCCc1ccc2n[nH]nc2c1.c1ccc2n[nH]nc2c1.c1ccc2n[nH]nc2c1. The molecule has 3 N–H and O–H groups in total. The minimum Gasteiger partial charge on any atom is -0.197 e. The van der Waals surface area contributed by atoms with Gasteiger partial charge in [-0.15, -0.1) is 0 Å². The summed E-state index contributed by atoms with van der Waals surface area (Å²) in [4.78, 5) is 0. The number of para-hydroxylation sites is 4. The van der Waals surface area contributed by atoms with Crippen molar-refractivity contribution >= 4 is 33.1 Å². The Balaban J connectivity index is 0.000000115. The molecule has 0 atom stereocenters. The van der Waals surface area contributed by atoms with Gasteiger partial charge in [0.2, 0.25) is 0 Å². The number of nitrogens with zero attached hydrogens (tertiary/aromatic N) is 6. The average molecular weight is 413 g/mol. The van der Waals surface area contributed by atoms with Crippen LogP contribution in [-0.2, 0) is 6.42 Å². The minimum absolute atomic E-state index is 0.914. The number of unbranched alkanes of at least 4 members (excludes halogenated alkanes) is 1. The van der Waals surface area contributed by atoms with E-state index in [2.05, 4.69) is 65.3 Å². The van der Waals surface area contributed by atoms with Gasteiger partial charge >= 0.3 is 0 Å². The number of hydrogen-bond donors (Lipinski definition) is 3. The first kappa shape index (κ1) is 20.1. The van der Waals surface area contributed by atoms with Crippen molar-refractivity contribution in [3.8, 4) is 0 Å². The molecule has 31 heavy (non-hydrogen) atoms. The van der Waals surface area contributed by atoms with Crippen molar-refractivity contribution < 1.29 is 0 Å². The van der Waals surface area contributed by atoms with Crippen LogP contribution in [0, 0.1) is 0 Å². The van der Waals surface area contributed by atoms with Crippen LogP contribution in [0.5, 0.6) is 0 Å². The summed E-state index contributed by atoms with van der Waals surface area (Å²) in [6.07, 6.45) is 3.61. The highest BCUT2D eigenvalue weighted by Crippen LogP contribution is 2.12. The van der Waals surface area contributed by atoms with Gasteiger partial charge in [0.1, 0.15) is 33.1 Å². The van der Waals surface area contributed by atoms with E-state index in [1.54, 1.807) is 0 Å². The van der Waals surface area contributed by atoms with Crippen LogP contribution in [0.25, 0.3) is 33.1 Å². The molecule has 6 rings (SSSR count). The number of benzene rings is 3. The Labute approximate surface area is 178 Å². The molecule has 3 aromatic carbocycles. The van der Waals surface area contributed by atoms with Crippen molar-refractivity contribution in [2.45, 2.75) is 26.2 Å². The molecule has 0 fully saturated rings. The molecule has 0 aliphatic rings. The van der Waals surface area contributed by atoms with E-state index in [-0.39, 0.29) is 0 Å². The second-order valence-electron chi connectivity index (χ2n) is 6.87. The zero-order valence-electron chi connectivity index (χ0n) is 17.2. The van der Waals surface area contributed by atoms with Gasteiger partial charge in [0, 0.05) is 0 Å². The van der Waals surface area contributed by atoms with Crippen LogP contribution >= 0.6 is 0 Å². The number of aryl methyl sites for hydroxylation is 1. The third kappa shape index (κ3) is 5.27. The third-order valence-electron chi connectivity index (χ3n) is 4.65. The van der Waals surface area contributed by atoms with Crippen molar-refractivity contribution in [3.05, 3.63) is 72.3 Å². The summed E-state index contributed by atoms with van der Waals surface area (Å²) in [6, 6.07) is 21.7. The molecule has 9 heteroatoms. The smallest absolute Gasteiger partial charge is 0.113 e. The van der Waals surface area contributed by atoms with Gasteiger partial charge < -0.3 is 0 Å². The second-order valence-corrected chi connectivity index (χ2v) is 6.87. The van der Waals surface area contributed by atoms with Crippen molar-refractivity contribution in [2.75, 3.05) is 0 Å². The van der Waals surface area contributed by atoms with Crippen LogP contribution in [0.3, 0.4) is 0 Å². The maximum atomic E-state index is 4.05. The largest absolute Gasteiger partial charge is 0.197 e. The molecule has 6 aromatic rings. The van der Waals surface area contributed by atoms with Gasteiger partial charge in [-0.1, -0.05) is 43.7 Å². The first-order valence-electron chi connectivity index (χ1n) is 10.1. The Morgan fingerprint density at radius 2 is 0.968 bits per heavy atom. The molecule has 0 spiro atoms. The lowest BCUT2D eigenvalue weighted by atomic mass is 10.1. The molecule has 3 heterocycles. The Morgan fingerprint density at radius 1 is 0.548 bits per heavy atom. The number of aromatic amines is 3. The summed E-state index contributed by atoms with van der Waals surface area (Å²) in [5.41, 5.74) is 6.92. The molecular weight excluding hydrogens is 390 g/mol. The molecule has 156 valence electrons. The fourth-order valence-corrected chi connectivity index (χ4v) is 2.99. The summed E-state index contributed by atoms with van der Waals surface area (Å²) in [6.45, 7) is 2.20. The number of rotatable bonds is 3. The summed E-state index contributed by atoms with van der Waals surface area (Å²) in [5.74, 6) is 0. The number of nitrogens with one attached hydrogen (secondary N) is 3. The second kappa shape index (κ2) is 10.1. The zero-order valence-corrected chi connectivity index (χ0v) is 17.2. The molecule has 0 saturated heterocycles. The fourth-order valence-electron chi connectivity index (χ4n) is 2.99. The highest BCUT2D eigenvalue weighted by molar-refractivity contribution is 5.74. The van der Waals surface area contributed by atoms with Gasteiger partial charge in [0.05, 0.1) is 0 Å². The maximum Gasteiger partial charge on any atom is 0.113 e. The number of hydrogen-bond acceptors (Lipinski definition) is 6. The lowest BCUT2D eigenvalue weighted by Crippen LogP contribution is -1.83. The summed E-state index contributed by atoms with van der Waals surface area (Å²) in [7, 11) is 0. The highest BCUT2D eigenvalue weighted by atomic mass is 15.3. The first-order chi connectivity index (χ1) is 15.3. The Kier molecular flexibility index (Phi) is 6.54. The number of fused-ring (bicyclic) bond motifs is 3. The van der Waals surface area contributed by atoms with Crippen molar-refractivity contribution in [1.82, 2.24) is 46.2 Å². The Morgan fingerprint density at radius 3 is 1.42 bits per heavy atom. The molecule has 0 aliphatic heterocycles. The van der Waals surface area contributed by atoms with E-state index >= 15 is 0 Å². The van der Waals surface area contributed by atoms with Gasteiger partial charge in [-0.2, -0.15) is 46.2 Å². The van der Waals surface area contributed by atoms with Crippen LogP contribution in [0.1, 0.15) is 25.3 Å². The van der Waals surface area contributed by atoms with Gasteiger partial charge in [-0.3, -0.25) is 0 Å². The minimum atomic E-state index is 0.914. The standard InChI is InChI=1S/C10H13N3.2C6H5N3/c1-2-3-4-8-5-6-9-10(7-8)12-13-11-9;2*1-2-4-6-5(3-1)7-9-8-6/h5-7H,2-4H2,1H3,(H,11,12,13);2*1-4H,(H,7,8,9). The van der Waals surface area contributed by atoms with Crippen molar-refractivity contribution in [2.24, 2.45) is 0 Å². The van der Waals surface area contributed by atoms with Crippen LogP contribution in [0.2, 0.25) is 0 Å². The Hall–Kier alpha value is -4.14. The normalized spacial score (nSPS) is 10.5. The van der Waals surface area contributed by atoms with E-state index in [0.717, 1.165) is 39.5 Å². The van der Waals surface area contributed by atoms with E-state index in [9.17, 15) is 0 Å². The molecule has 0 radical (unpaired) electrons. The zero-order chi connectivity index (χ0) is 21.3. The quantitative estimate of drug-likeness (QED) is 0.399. The van der Waals surface area contributed by atoms with Crippen molar-refractivity contribution in [3.63, 3.8) is 0 Å². The third-order valence-corrected chi connectivity index (χ3v) is 4.65. The van der Waals surface area contributed by atoms with Crippen LogP contribution in [-0.4, -0.2) is 46.2 Å². The lowest BCUT2D eigenvalue weighted by molar-refractivity contribution is 0.796. The first-order valence-corrected chi connectivity index (χ1v) is 10.1. The Bertz CT molecular complexity index is 1220. The van der Waals surface area contributed by atoms with E-state index in [1.165, 1.54) is 18.4 Å². The topological polar surface area (TPSA) is 125 Å². The molecule has 0 bridgehead atoms. The molecule has 9 nitrogen and oxygen atoms in total. The summed E-state index contributed by atoms with van der Waals surface area (Å²) >= 11 is 0. The van der Waals surface area contributed by atoms with Gasteiger partial charge in [-0.05, 0) is 54.8 Å². The van der Waals surface area contributed by atoms with Gasteiger partial charge in [-0.25, -0.2) is 0 Å². The summed E-state index contributed by atoms with van der Waals surface area (Å²) in [5, 5.41) is 31.3. The highest BCUT2D eigenvalue weighted by Gasteiger charge is 1.98. The van der Waals surface area contributed by atoms with E-state index in [0.29, 0.717) is 0 Å². The van der Waals surface area contributed by atoms with E-state index in [1.807, 2.05) is 54.6 Å². The maximum absolute atomic E-state index is 4.05. The van der Waals surface area contributed by atoms with Gasteiger partial charge in [0.15, 0.2) is 0 Å². The number of H-pyrrole nitrogens is 3.